The van der Waals surface area contributed by atoms with Crippen molar-refractivity contribution in [2.75, 3.05) is 19.0 Å². The lowest BCUT2D eigenvalue weighted by atomic mass is 9.76. The minimum absolute atomic E-state index is 0.0308. The van der Waals surface area contributed by atoms with Gasteiger partial charge in [0.15, 0.2) is 0 Å². The van der Waals surface area contributed by atoms with Crippen molar-refractivity contribution in [3.8, 4) is 5.75 Å². The van der Waals surface area contributed by atoms with E-state index in [0.29, 0.717) is 12.2 Å². The Labute approximate surface area is 175 Å². The third-order valence-corrected chi connectivity index (χ3v) is 5.38. The van der Waals surface area contributed by atoms with Crippen LogP contribution in [0.2, 0.25) is 0 Å². The number of hydrogen-bond acceptors (Lipinski definition) is 7. The third kappa shape index (κ3) is 4.25. The molecule has 2 aliphatic rings. The van der Waals surface area contributed by atoms with Gasteiger partial charge in [-0.1, -0.05) is 4.98 Å². The van der Waals surface area contributed by atoms with Gasteiger partial charge in [-0.15, -0.1) is 0 Å². The Balaban J connectivity index is 0.000000339. The number of halogens is 3. The van der Waals surface area contributed by atoms with Crippen LogP contribution in [-0.4, -0.2) is 36.8 Å². The molecule has 0 spiro atoms. The summed E-state index contributed by atoms with van der Waals surface area (Å²) in [5.41, 5.74) is 1.33. The molecule has 11 heteroatoms. The summed E-state index contributed by atoms with van der Waals surface area (Å²) in [4.78, 5) is 25.1. The fraction of sp³-hybridized carbons (Fsp3) is 0.400. The van der Waals surface area contributed by atoms with Gasteiger partial charge in [-0.2, -0.15) is 13.2 Å². The molecule has 0 fully saturated rings. The van der Waals surface area contributed by atoms with Crippen LogP contribution >= 0.6 is 0 Å². The van der Waals surface area contributed by atoms with E-state index in [0.717, 1.165) is 17.3 Å². The maximum Gasteiger partial charge on any atom is 0.430 e. The van der Waals surface area contributed by atoms with E-state index in [4.69, 9.17) is 19.4 Å². The standard InChI is InChI=1S/C18H19N3O3.C2HF3O2/c1-18(2)13-10-24-14-6-5-11(16(22)23-3)9-12(14)15(13)20-17-19-7-4-8-21(17)18;3-2(4,5)1(6)7/h4-9,13,15H,10H2,1-3H3;(H,6,7)/t13-,15-;/m0./s1. The van der Waals surface area contributed by atoms with Crippen LogP contribution in [0.4, 0.5) is 19.1 Å². The van der Waals surface area contributed by atoms with E-state index in [-0.39, 0.29) is 23.5 Å². The molecule has 2 atom stereocenters. The summed E-state index contributed by atoms with van der Waals surface area (Å²) in [6.45, 7) is 4.99. The van der Waals surface area contributed by atoms with Crippen LogP contribution in [0, 0.1) is 5.92 Å². The van der Waals surface area contributed by atoms with E-state index in [1.165, 1.54) is 7.11 Å². The second-order valence-electron chi connectivity index (χ2n) is 7.54. The third-order valence-electron chi connectivity index (χ3n) is 5.38. The highest BCUT2D eigenvalue weighted by atomic mass is 19.4. The van der Waals surface area contributed by atoms with Gasteiger partial charge in [-0.25, -0.2) is 9.36 Å². The molecule has 3 heterocycles. The predicted molar refractivity (Wildman–Crippen MR) is 97.9 cm³/mol. The number of benzene rings is 1. The molecule has 1 aromatic carbocycles. The Bertz CT molecular complexity index is 1010. The second-order valence-corrected chi connectivity index (χ2v) is 7.54. The van der Waals surface area contributed by atoms with Gasteiger partial charge < -0.3 is 19.4 Å². The maximum atomic E-state index is 11.9. The van der Waals surface area contributed by atoms with Crippen molar-refractivity contribution < 1.29 is 41.9 Å². The SMILES string of the molecule is COC(=O)c1ccc2c(c1)[C@@H]1Nc3nccc[n+]3C(C)(C)[C@H]1CO2.O=C([O-])C(F)(F)F. The summed E-state index contributed by atoms with van der Waals surface area (Å²) < 4.78 is 44.5. The lowest BCUT2D eigenvalue weighted by Crippen LogP contribution is -2.65. The average Bonchev–Trinajstić information content (AvgIpc) is 2.72. The quantitative estimate of drug-likeness (QED) is 0.529. The van der Waals surface area contributed by atoms with E-state index in [9.17, 15) is 18.0 Å². The minimum atomic E-state index is -5.19. The number of nitrogens with zero attached hydrogens (tertiary/aromatic N) is 2. The molecule has 8 nitrogen and oxygen atoms in total. The summed E-state index contributed by atoms with van der Waals surface area (Å²) in [5, 5.41) is 12.3. The fourth-order valence-electron chi connectivity index (χ4n) is 3.71. The van der Waals surface area contributed by atoms with E-state index < -0.39 is 12.1 Å². The first kappa shape index (κ1) is 22.3. The van der Waals surface area contributed by atoms with Crippen molar-refractivity contribution in [2.24, 2.45) is 5.92 Å². The molecule has 0 amide bonds. The topological polar surface area (TPSA) is 104 Å². The largest absolute Gasteiger partial charge is 0.542 e. The molecule has 0 bridgehead atoms. The number of anilines is 1. The van der Waals surface area contributed by atoms with Crippen LogP contribution in [0.3, 0.4) is 0 Å². The van der Waals surface area contributed by atoms with Crippen molar-refractivity contribution in [3.63, 3.8) is 0 Å². The highest BCUT2D eigenvalue weighted by Crippen LogP contribution is 2.45. The first-order chi connectivity index (χ1) is 14.5. The number of ether oxygens (including phenoxy) is 2. The van der Waals surface area contributed by atoms with Gasteiger partial charge in [0.2, 0.25) is 0 Å². The van der Waals surface area contributed by atoms with Crippen LogP contribution in [0.15, 0.2) is 36.7 Å². The average molecular weight is 439 g/mol. The number of hydrogen-bond donors (Lipinski definition) is 1. The number of alkyl halides is 3. The summed E-state index contributed by atoms with van der Waals surface area (Å²) in [5.74, 6) is -1.52. The number of esters is 1. The lowest BCUT2D eigenvalue weighted by molar-refractivity contribution is -0.761. The number of carbonyl (C=O) groups is 2. The molecule has 0 aliphatic carbocycles. The summed E-state index contributed by atoms with van der Waals surface area (Å²) in [6, 6.07) is 7.40. The number of aliphatic carboxylic acids is 1. The number of carboxylic acids is 1. The molecule has 4 rings (SSSR count). The maximum absolute atomic E-state index is 11.9. The zero-order valence-electron chi connectivity index (χ0n) is 16.9. The molecule has 0 unspecified atom stereocenters. The monoisotopic (exact) mass is 439 g/mol. The van der Waals surface area contributed by atoms with E-state index in [1.807, 2.05) is 24.4 Å². The second kappa shape index (κ2) is 8.05. The first-order valence-electron chi connectivity index (χ1n) is 9.23. The Kier molecular flexibility index (Phi) is 5.79. The number of methoxy groups -OCH3 is 1. The van der Waals surface area contributed by atoms with Crippen LogP contribution in [0.5, 0.6) is 5.75 Å². The van der Waals surface area contributed by atoms with Gasteiger partial charge in [0.25, 0.3) is 0 Å². The van der Waals surface area contributed by atoms with Crippen molar-refractivity contribution in [3.05, 3.63) is 47.8 Å². The van der Waals surface area contributed by atoms with E-state index in [2.05, 4.69) is 28.7 Å². The zero-order valence-corrected chi connectivity index (χ0v) is 16.9. The number of carbonyl (C=O) groups excluding carboxylic acids is 2. The van der Waals surface area contributed by atoms with Gasteiger partial charge >= 0.3 is 18.1 Å². The molecule has 2 aliphatic heterocycles. The lowest BCUT2D eigenvalue weighted by Gasteiger charge is -2.44. The highest BCUT2D eigenvalue weighted by molar-refractivity contribution is 5.89. The van der Waals surface area contributed by atoms with Gasteiger partial charge in [0.1, 0.15) is 24.0 Å². The zero-order chi connectivity index (χ0) is 23.0. The molecule has 31 heavy (non-hydrogen) atoms. The van der Waals surface area contributed by atoms with Crippen molar-refractivity contribution in [2.45, 2.75) is 31.6 Å². The molecule has 1 aromatic heterocycles. The van der Waals surface area contributed by atoms with Gasteiger partial charge in [-0.05, 0) is 32.0 Å². The predicted octanol–water partition coefficient (Wildman–Crippen LogP) is 1.36. The molecule has 0 saturated heterocycles. The van der Waals surface area contributed by atoms with Crippen LogP contribution in [0.25, 0.3) is 0 Å². The Morgan fingerprint density at radius 1 is 1.35 bits per heavy atom. The van der Waals surface area contributed by atoms with Crippen molar-refractivity contribution >= 4 is 17.9 Å². The van der Waals surface area contributed by atoms with E-state index in [1.54, 1.807) is 12.3 Å². The van der Waals surface area contributed by atoms with Crippen LogP contribution in [-0.2, 0) is 15.1 Å². The number of rotatable bonds is 1. The molecule has 0 saturated carbocycles. The van der Waals surface area contributed by atoms with Gasteiger partial charge in [0.05, 0.1) is 36.9 Å². The Hall–Kier alpha value is -3.37. The fourth-order valence-corrected chi connectivity index (χ4v) is 3.71. The molecule has 0 radical (unpaired) electrons. The number of carboxylic acid groups (broad SMARTS) is 1. The van der Waals surface area contributed by atoms with Gasteiger partial charge in [0, 0.05) is 11.6 Å². The Morgan fingerprint density at radius 3 is 2.65 bits per heavy atom. The Morgan fingerprint density at radius 2 is 2.03 bits per heavy atom. The van der Waals surface area contributed by atoms with Crippen LogP contribution in [0.1, 0.15) is 35.8 Å². The molecule has 166 valence electrons. The molecule has 1 N–H and O–H groups in total. The summed E-state index contributed by atoms with van der Waals surface area (Å²) >= 11 is 0. The van der Waals surface area contributed by atoms with Crippen LogP contribution < -0.4 is 19.7 Å². The number of aromatic nitrogens is 2. The molecule has 2 aromatic rings. The summed E-state index contributed by atoms with van der Waals surface area (Å²) in [7, 11) is 1.39. The molecular weight excluding hydrogens is 419 g/mol. The number of fused-ring (bicyclic) bond motifs is 4. The minimum Gasteiger partial charge on any atom is -0.542 e. The smallest absolute Gasteiger partial charge is 0.430 e. The van der Waals surface area contributed by atoms with Gasteiger partial charge in [-0.3, -0.25) is 5.32 Å². The van der Waals surface area contributed by atoms with E-state index >= 15 is 0 Å². The summed E-state index contributed by atoms with van der Waals surface area (Å²) in [6.07, 6.45) is -1.38. The van der Waals surface area contributed by atoms with Crippen molar-refractivity contribution in [1.82, 2.24) is 4.98 Å². The normalized spacial score (nSPS) is 20.3. The first-order valence-corrected chi connectivity index (χ1v) is 9.23. The van der Waals surface area contributed by atoms with Crippen molar-refractivity contribution in [1.29, 1.82) is 0 Å². The highest BCUT2D eigenvalue weighted by Gasteiger charge is 2.51. The number of nitrogens with one attached hydrogen (secondary N) is 1. The molecular formula is C20H20F3N3O5.